The number of aryl methyl sites for hydroxylation is 1. The lowest BCUT2D eigenvalue weighted by Crippen LogP contribution is -1.98. The number of hydrogen-bond donors (Lipinski definition) is 1. The molecule has 0 saturated heterocycles. The fourth-order valence-electron chi connectivity index (χ4n) is 2.81. The van der Waals surface area contributed by atoms with E-state index in [9.17, 15) is 0 Å². The van der Waals surface area contributed by atoms with Crippen molar-refractivity contribution in [2.24, 2.45) is 0 Å². The van der Waals surface area contributed by atoms with Crippen LogP contribution in [-0.4, -0.2) is 20.2 Å². The molecule has 3 aromatic heterocycles. The van der Waals surface area contributed by atoms with Crippen LogP contribution >= 0.6 is 0 Å². The second-order valence-electron chi connectivity index (χ2n) is 5.98. The van der Waals surface area contributed by atoms with E-state index in [2.05, 4.69) is 20.2 Å². The standard InChI is InChI=1S/C21H18N4O/c1-15-3-2-4-18(24-15)14-26-19-7-5-17(6-8-19)21-20(13-23-25-21)16-9-11-22-12-10-16/h2-13H,14H2,1H3,(H,23,25). The Labute approximate surface area is 151 Å². The molecule has 0 unspecified atom stereocenters. The SMILES string of the molecule is Cc1cccc(COc2ccc(-c3[nH]ncc3-c3ccncc3)cc2)n1. The molecule has 1 N–H and O–H groups in total. The molecular formula is C21H18N4O. The maximum Gasteiger partial charge on any atom is 0.130 e. The number of hydrogen-bond acceptors (Lipinski definition) is 4. The van der Waals surface area contributed by atoms with Gasteiger partial charge in [-0.25, -0.2) is 0 Å². The summed E-state index contributed by atoms with van der Waals surface area (Å²) in [5.74, 6) is 0.807. The van der Waals surface area contributed by atoms with Gasteiger partial charge in [-0.1, -0.05) is 6.07 Å². The summed E-state index contributed by atoms with van der Waals surface area (Å²) < 4.78 is 5.84. The largest absolute Gasteiger partial charge is 0.487 e. The van der Waals surface area contributed by atoms with Crippen molar-refractivity contribution in [1.29, 1.82) is 0 Å². The van der Waals surface area contributed by atoms with E-state index in [0.717, 1.165) is 39.5 Å². The average Bonchev–Trinajstić information content (AvgIpc) is 3.17. The van der Waals surface area contributed by atoms with Crippen LogP contribution in [0.5, 0.6) is 5.75 Å². The number of aromatic nitrogens is 4. The fourth-order valence-corrected chi connectivity index (χ4v) is 2.81. The van der Waals surface area contributed by atoms with Crippen molar-refractivity contribution in [3.05, 3.63) is 84.6 Å². The summed E-state index contributed by atoms with van der Waals surface area (Å²) in [6, 6.07) is 17.8. The molecule has 0 atom stereocenters. The first kappa shape index (κ1) is 16.0. The molecule has 0 saturated carbocycles. The van der Waals surface area contributed by atoms with Gasteiger partial charge in [-0.15, -0.1) is 0 Å². The van der Waals surface area contributed by atoms with E-state index in [1.165, 1.54) is 0 Å². The lowest BCUT2D eigenvalue weighted by Gasteiger charge is -2.08. The highest BCUT2D eigenvalue weighted by Crippen LogP contribution is 2.30. The average molecular weight is 342 g/mol. The van der Waals surface area contributed by atoms with Gasteiger partial charge in [0.1, 0.15) is 12.4 Å². The molecular weight excluding hydrogens is 324 g/mol. The number of pyridine rings is 2. The fraction of sp³-hybridized carbons (Fsp3) is 0.0952. The molecule has 0 aliphatic carbocycles. The first-order valence-corrected chi connectivity index (χ1v) is 8.39. The van der Waals surface area contributed by atoms with E-state index in [1.54, 1.807) is 12.4 Å². The quantitative estimate of drug-likeness (QED) is 0.583. The smallest absolute Gasteiger partial charge is 0.130 e. The summed E-state index contributed by atoms with van der Waals surface area (Å²) >= 11 is 0. The summed E-state index contributed by atoms with van der Waals surface area (Å²) in [5.41, 5.74) is 6.06. The van der Waals surface area contributed by atoms with Crippen LogP contribution in [0.2, 0.25) is 0 Å². The van der Waals surface area contributed by atoms with Crippen LogP contribution in [0.1, 0.15) is 11.4 Å². The third-order valence-corrected chi connectivity index (χ3v) is 4.11. The number of H-pyrrole nitrogens is 1. The minimum atomic E-state index is 0.452. The van der Waals surface area contributed by atoms with E-state index in [1.807, 2.05) is 67.7 Å². The Morgan fingerprint density at radius 2 is 1.73 bits per heavy atom. The van der Waals surface area contributed by atoms with Gasteiger partial charge in [-0.05, 0) is 61.0 Å². The van der Waals surface area contributed by atoms with E-state index in [0.29, 0.717) is 6.61 Å². The molecule has 5 nitrogen and oxygen atoms in total. The normalized spacial score (nSPS) is 10.7. The second-order valence-corrected chi connectivity index (χ2v) is 5.98. The number of nitrogens with one attached hydrogen (secondary N) is 1. The first-order chi connectivity index (χ1) is 12.8. The van der Waals surface area contributed by atoms with Crippen LogP contribution in [0.4, 0.5) is 0 Å². The molecule has 1 aromatic carbocycles. The van der Waals surface area contributed by atoms with Crippen molar-refractivity contribution in [1.82, 2.24) is 20.2 Å². The summed E-state index contributed by atoms with van der Waals surface area (Å²) in [5, 5.41) is 7.28. The summed E-state index contributed by atoms with van der Waals surface area (Å²) in [6.07, 6.45) is 5.39. The monoisotopic (exact) mass is 342 g/mol. The van der Waals surface area contributed by atoms with Crippen LogP contribution in [0.3, 0.4) is 0 Å². The zero-order valence-corrected chi connectivity index (χ0v) is 14.4. The lowest BCUT2D eigenvalue weighted by atomic mass is 10.0. The van der Waals surface area contributed by atoms with Crippen LogP contribution in [0.15, 0.2) is 73.2 Å². The number of aromatic amines is 1. The molecule has 0 radical (unpaired) electrons. The zero-order valence-electron chi connectivity index (χ0n) is 14.4. The molecule has 4 aromatic rings. The van der Waals surface area contributed by atoms with Gasteiger partial charge in [-0.2, -0.15) is 5.10 Å². The third kappa shape index (κ3) is 3.47. The van der Waals surface area contributed by atoms with Crippen molar-refractivity contribution in [3.8, 4) is 28.1 Å². The number of rotatable bonds is 5. The van der Waals surface area contributed by atoms with E-state index < -0.39 is 0 Å². The zero-order chi connectivity index (χ0) is 17.8. The molecule has 5 heteroatoms. The molecule has 0 aliphatic rings. The summed E-state index contributed by atoms with van der Waals surface area (Å²) in [4.78, 5) is 8.52. The van der Waals surface area contributed by atoms with Crippen LogP contribution < -0.4 is 4.74 Å². The maximum absolute atomic E-state index is 5.84. The predicted molar refractivity (Wildman–Crippen MR) is 101 cm³/mol. The van der Waals surface area contributed by atoms with Crippen LogP contribution in [-0.2, 0) is 6.61 Å². The van der Waals surface area contributed by atoms with Crippen molar-refractivity contribution in [2.45, 2.75) is 13.5 Å². The Morgan fingerprint density at radius 3 is 2.50 bits per heavy atom. The number of benzene rings is 1. The minimum Gasteiger partial charge on any atom is -0.487 e. The maximum atomic E-state index is 5.84. The topological polar surface area (TPSA) is 63.7 Å². The highest BCUT2D eigenvalue weighted by Gasteiger charge is 2.10. The van der Waals surface area contributed by atoms with Crippen molar-refractivity contribution < 1.29 is 4.74 Å². The highest BCUT2D eigenvalue weighted by atomic mass is 16.5. The summed E-state index contributed by atoms with van der Waals surface area (Å²) in [7, 11) is 0. The van der Waals surface area contributed by atoms with Gasteiger partial charge in [-0.3, -0.25) is 15.1 Å². The Hall–Kier alpha value is -3.47. The Morgan fingerprint density at radius 1 is 0.923 bits per heavy atom. The molecule has 0 aliphatic heterocycles. The van der Waals surface area contributed by atoms with E-state index >= 15 is 0 Å². The molecule has 0 fully saturated rings. The molecule has 128 valence electrons. The minimum absolute atomic E-state index is 0.452. The van der Waals surface area contributed by atoms with Gasteiger partial charge >= 0.3 is 0 Å². The van der Waals surface area contributed by atoms with E-state index in [-0.39, 0.29) is 0 Å². The predicted octanol–water partition coefficient (Wildman–Crippen LogP) is 4.42. The Bertz CT molecular complexity index is 994. The Kier molecular flexibility index (Phi) is 4.43. The number of ether oxygens (including phenoxy) is 1. The van der Waals surface area contributed by atoms with E-state index in [4.69, 9.17) is 4.74 Å². The van der Waals surface area contributed by atoms with Gasteiger partial charge in [0.05, 0.1) is 17.6 Å². The molecule has 26 heavy (non-hydrogen) atoms. The van der Waals surface area contributed by atoms with Gasteiger partial charge < -0.3 is 4.74 Å². The van der Waals surface area contributed by atoms with Gasteiger partial charge in [0, 0.05) is 29.2 Å². The lowest BCUT2D eigenvalue weighted by molar-refractivity contribution is 0.301. The van der Waals surface area contributed by atoms with Crippen molar-refractivity contribution in [2.75, 3.05) is 0 Å². The molecule has 0 amide bonds. The highest BCUT2D eigenvalue weighted by molar-refractivity contribution is 5.80. The Balaban J connectivity index is 1.51. The third-order valence-electron chi connectivity index (χ3n) is 4.11. The molecule has 0 spiro atoms. The van der Waals surface area contributed by atoms with Gasteiger partial charge in [0.25, 0.3) is 0 Å². The van der Waals surface area contributed by atoms with Crippen molar-refractivity contribution >= 4 is 0 Å². The van der Waals surface area contributed by atoms with Gasteiger partial charge in [0.2, 0.25) is 0 Å². The first-order valence-electron chi connectivity index (χ1n) is 8.39. The molecule has 0 bridgehead atoms. The molecule has 4 rings (SSSR count). The second kappa shape index (κ2) is 7.19. The molecule has 3 heterocycles. The summed E-state index contributed by atoms with van der Waals surface area (Å²) in [6.45, 7) is 2.43. The van der Waals surface area contributed by atoms with Gasteiger partial charge in [0.15, 0.2) is 0 Å². The number of nitrogens with zero attached hydrogens (tertiary/aromatic N) is 3. The van der Waals surface area contributed by atoms with Crippen LogP contribution in [0, 0.1) is 6.92 Å². The van der Waals surface area contributed by atoms with Crippen molar-refractivity contribution in [3.63, 3.8) is 0 Å². The van der Waals surface area contributed by atoms with Crippen LogP contribution in [0.25, 0.3) is 22.4 Å².